The van der Waals surface area contributed by atoms with Gasteiger partial charge in [0.05, 0.1) is 22.1 Å². The van der Waals surface area contributed by atoms with Crippen LogP contribution in [-0.4, -0.2) is 9.13 Å². The monoisotopic (exact) mass is 638 g/mol. The summed E-state index contributed by atoms with van der Waals surface area (Å²) in [6.07, 6.45) is 0. The second kappa shape index (κ2) is 10.4. The molecule has 0 fully saturated rings. The third-order valence-electron chi connectivity index (χ3n) is 8.96. The summed E-state index contributed by atoms with van der Waals surface area (Å²) in [4.78, 5) is 0. The van der Waals surface area contributed by atoms with Gasteiger partial charge in [-0.05, 0) is 82.9 Å². The Morgan fingerprint density at radius 3 is 1.40 bits per heavy atom. The van der Waals surface area contributed by atoms with Gasteiger partial charge in [0.25, 0.3) is 0 Å². The molecule has 0 unspecified atom stereocenters. The number of hydrogen-bond acceptors (Lipinski definition) is 0. The molecule has 9 rings (SSSR count). The van der Waals surface area contributed by atoms with E-state index in [4.69, 9.17) is 0 Å². The summed E-state index contributed by atoms with van der Waals surface area (Å²) in [5.74, 6) is 0. The van der Waals surface area contributed by atoms with E-state index in [0.717, 1.165) is 10.2 Å². The van der Waals surface area contributed by atoms with Crippen LogP contribution in [0.25, 0.3) is 77.2 Å². The van der Waals surface area contributed by atoms with Gasteiger partial charge in [-0.2, -0.15) is 0 Å². The zero-order valence-corrected chi connectivity index (χ0v) is 25.9. The first-order valence-electron chi connectivity index (χ1n) is 15.2. The molecular formula is C42H27BrN2. The average Bonchev–Trinajstić information content (AvgIpc) is 3.61. The molecule has 0 saturated carbocycles. The van der Waals surface area contributed by atoms with Crippen molar-refractivity contribution in [2.75, 3.05) is 0 Å². The summed E-state index contributed by atoms with van der Waals surface area (Å²) in [6.45, 7) is 0. The van der Waals surface area contributed by atoms with E-state index in [0.29, 0.717) is 0 Å². The maximum absolute atomic E-state index is 3.82. The summed E-state index contributed by atoms with van der Waals surface area (Å²) < 4.78 is 5.79. The Morgan fingerprint density at radius 1 is 0.311 bits per heavy atom. The van der Waals surface area contributed by atoms with Crippen LogP contribution in [-0.2, 0) is 0 Å². The van der Waals surface area contributed by atoms with Crippen molar-refractivity contribution in [1.29, 1.82) is 0 Å². The van der Waals surface area contributed by atoms with Crippen LogP contribution in [0.5, 0.6) is 0 Å². The molecule has 0 N–H and O–H groups in total. The van der Waals surface area contributed by atoms with Crippen LogP contribution in [0.15, 0.2) is 168 Å². The Labute approximate surface area is 269 Å². The second-order valence-electron chi connectivity index (χ2n) is 11.6. The van der Waals surface area contributed by atoms with E-state index in [2.05, 4.69) is 189 Å². The highest BCUT2D eigenvalue weighted by Crippen LogP contribution is 2.37. The van der Waals surface area contributed by atoms with E-state index in [1.165, 1.54) is 71.6 Å². The molecular weight excluding hydrogens is 612 g/mol. The number of aromatic nitrogens is 2. The number of para-hydroxylation sites is 4. The van der Waals surface area contributed by atoms with Crippen molar-refractivity contribution in [3.8, 4) is 33.6 Å². The third-order valence-corrected chi connectivity index (χ3v) is 9.42. The molecule has 0 atom stereocenters. The SMILES string of the molecule is Brc1cc(-c2ccc(-c3ccc4c(c3)c3ccccc3n4-c3ccccc3)cc2)cc(-n2c3ccccc3c3ccccc32)c1. The van der Waals surface area contributed by atoms with Crippen molar-refractivity contribution in [3.63, 3.8) is 0 Å². The van der Waals surface area contributed by atoms with Crippen molar-refractivity contribution >= 4 is 59.5 Å². The summed E-state index contributed by atoms with van der Waals surface area (Å²) in [6, 6.07) is 59.1. The number of halogens is 1. The Hall–Kier alpha value is -5.38. The van der Waals surface area contributed by atoms with Gasteiger partial charge < -0.3 is 9.13 Å². The van der Waals surface area contributed by atoms with Gasteiger partial charge in [0, 0.05) is 37.4 Å². The summed E-state index contributed by atoms with van der Waals surface area (Å²) in [5.41, 5.74) is 12.0. The van der Waals surface area contributed by atoms with Crippen LogP contribution in [0.1, 0.15) is 0 Å². The van der Waals surface area contributed by atoms with E-state index in [-0.39, 0.29) is 0 Å². The van der Waals surface area contributed by atoms with Gasteiger partial charge in [0.1, 0.15) is 0 Å². The molecule has 2 nitrogen and oxygen atoms in total. The van der Waals surface area contributed by atoms with Gasteiger partial charge in [-0.1, -0.05) is 119 Å². The standard InChI is InChI=1S/C42H27BrN2/c43-32-24-31(25-34(27-32)45-39-15-7-4-12-35(39)36-13-5-8-16-40(36)45)29-20-18-28(19-21-29)30-22-23-42-38(26-30)37-14-6-9-17-41(37)44(42)33-10-2-1-3-11-33/h1-27H. The Bertz CT molecular complexity index is 2480. The van der Waals surface area contributed by atoms with E-state index in [9.17, 15) is 0 Å². The molecule has 0 aliphatic carbocycles. The van der Waals surface area contributed by atoms with Crippen LogP contribution in [0, 0.1) is 0 Å². The molecule has 0 spiro atoms. The topological polar surface area (TPSA) is 9.86 Å². The average molecular weight is 640 g/mol. The van der Waals surface area contributed by atoms with Gasteiger partial charge in [-0.25, -0.2) is 0 Å². The molecule has 7 aromatic carbocycles. The smallest absolute Gasteiger partial charge is 0.0541 e. The first-order valence-corrected chi connectivity index (χ1v) is 16.0. The van der Waals surface area contributed by atoms with Crippen LogP contribution in [0.2, 0.25) is 0 Å². The lowest BCUT2D eigenvalue weighted by atomic mass is 9.99. The van der Waals surface area contributed by atoms with Crippen LogP contribution in [0.4, 0.5) is 0 Å². The largest absolute Gasteiger partial charge is 0.309 e. The lowest BCUT2D eigenvalue weighted by Crippen LogP contribution is -1.94. The molecule has 2 heterocycles. The second-order valence-corrected chi connectivity index (χ2v) is 12.5. The summed E-state index contributed by atoms with van der Waals surface area (Å²) >= 11 is 3.82. The first-order chi connectivity index (χ1) is 22.2. The summed E-state index contributed by atoms with van der Waals surface area (Å²) in [7, 11) is 0. The zero-order chi connectivity index (χ0) is 29.9. The number of rotatable bonds is 4. The maximum atomic E-state index is 3.82. The molecule has 212 valence electrons. The van der Waals surface area contributed by atoms with Crippen molar-refractivity contribution in [2.24, 2.45) is 0 Å². The number of hydrogen-bond donors (Lipinski definition) is 0. The molecule has 2 aromatic heterocycles. The molecule has 3 heteroatoms. The minimum Gasteiger partial charge on any atom is -0.309 e. The summed E-state index contributed by atoms with van der Waals surface area (Å²) in [5, 5.41) is 5.06. The number of benzene rings is 7. The van der Waals surface area contributed by atoms with Crippen molar-refractivity contribution in [1.82, 2.24) is 9.13 Å². The fourth-order valence-corrected chi connectivity index (χ4v) is 7.41. The molecule has 9 aromatic rings. The Kier molecular flexibility index (Phi) is 6.00. The highest BCUT2D eigenvalue weighted by atomic mass is 79.9. The van der Waals surface area contributed by atoms with E-state index in [1.54, 1.807) is 0 Å². The van der Waals surface area contributed by atoms with E-state index < -0.39 is 0 Å². The van der Waals surface area contributed by atoms with Crippen molar-refractivity contribution in [3.05, 3.63) is 168 Å². The number of nitrogens with zero attached hydrogens (tertiary/aromatic N) is 2. The fraction of sp³-hybridized carbons (Fsp3) is 0. The van der Waals surface area contributed by atoms with E-state index >= 15 is 0 Å². The predicted octanol–water partition coefficient (Wildman–Crippen LogP) is 12.0. The molecule has 45 heavy (non-hydrogen) atoms. The normalized spacial score (nSPS) is 11.7. The minimum absolute atomic E-state index is 1.06. The van der Waals surface area contributed by atoms with Crippen LogP contribution < -0.4 is 0 Å². The van der Waals surface area contributed by atoms with E-state index in [1.807, 2.05) is 0 Å². The molecule has 0 bridgehead atoms. The van der Waals surface area contributed by atoms with Gasteiger partial charge in [0.15, 0.2) is 0 Å². The van der Waals surface area contributed by atoms with Crippen molar-refractivity contribution in [2.45, 2.75) is 0 Å². The quantitative estimate of drug-likeness (QED) is 0.181. The molecule has 0 aliphatic heterocycles. The maximum Gasteiger partial charge on any atom is 0.0541 e. The molecule has 0 radical (unpaired) electrons. The molecule has 0 saturated heterocycles. The zero-order valence-electron chi connectivity index (χ0n) is 24.4. The van der Waals surface area contributed by atoms with Crippen molar-refractivity contribution < 1.29 is 0 Å². The highest BCUT2D eigenvalue weighted by Gasteiger charge is 2.15. The van der Waals surface area contributed by atoms with Crippen LogP contribution >= 0.6 is 15.9 Å². The predicted molar refractivity (Wildman–Crippen MR) is 194 cm³/mol. The van der Waals surface area contributed by atoms with Gasteiger partial charge in [-0.15, -0.1) is 0 Å². The molecule has 0 amide bonds. The lowest BCUT2D eigenvalue weighted by molar-refractivity contribution is 1.18. The lowest BCUT2D eigenvalue weighted by Gasteiger charge is -2.12. The third kappa shape index (κ3) is 4.23. The molecule has 0 aliphatic rings. The fourth-order valence-electron chi connectivity index (χ4n) is 6.93. The van der Waals surface area contributed by atoms with Crippen LogP contribution in [0.3, 0.4) is 0 Å². The Morgan fingerprint density at radius 2 is 0.778 bits per heavy atom. The number of fused-ring (bicyclic) bond motifs is 6. The highest BCUT2D eigenvalue weighted by molar-refractivity contribution is 9.10. The van der Waals surface area contributed by atoms with Gasteiger partial charge in [0.2, 0.25) is 0 Å². The van der Waals surface area contributed by atoms with Gasteiger partial charge >= 0.3 is 0 Å². The first kappa shape index (κ1) is 26.1. The minimum atomic E-state index is 1.06. The van der Waals surface area contributed by atoms with Gasteiger partial charge in [-0.3, -0.25) is 0 Å². The Balaban J connectivity index is 1.13.